The molecule has 0 aliphatic heterocycles. The first-order chi connectivity index (χ1) is 12.2. The second kappa shape index (κ2) is 8.21. The van der Waals surface area contributed by atoms with E-state index in [1.165, 1.54) is 35.5 Å². The van der Waals surface area contributed by atoms with Gasteiger partial charge in [0, 0.05) is 18.8 Å². The molecule has 0 atom stereocenters. The molecule has 1 N–H and O–H groups in total. The third-order valence-electron chi connectivity index (χ3n) is 3.44. The van der Waals surface area contributed by atoms with Crippen LogP contribution in [0.5, 0.6) is 0 Å². The maximum absolute atomic E-state index is 12.5. The Morgan fingerprint density at radius 1 is 1.16 bits per heavy atom. The van der Waals surface area contributed by atoms with E-state index in [0.717, 1.165) is 17.8 Å². The van der Waals surface area contributed by atoms with Gasteiger partial charge in [-0.05, 0) is 19.4 Å². The van der Waals surface area contributed by atoms with Crippen molar-refractivity contribution in [3.63, 3.8) is 0 Å². The van der Waals surface area contributed by atoms with Gasteiger partial charge in [0.05, 0.1) is 5.69 Å². The van der Waals surface area contributed by atoms with Crippen molar-refractivity contribution in [2.45, 2.75) is 39.5 Å². The van der Waals surface area contributed by atoms with Crippen LogP contribution in [-0.4, -0.2) is 31.1 Å². The molecule has 3 aromatic rings. The molecule has 0 unspecified atom stereocenters. The second-order valence-corrected chi connectivity index (χ2v) is 7.48. The molecule has 0 spiro atoms. The number of hydrogen-bond donors (Lipinski definition) is 1. The summed E-state index contributed by atoms with van der Waals surface area (Å²) in [5.41, 5.74) is 0.651. The molecule has 0 aliphatic carbocycles. The van der Waals surface area contributed by atoms with E-state index in [1.54, 1.807) is 25.4 Å². The molecule has 0 saturated carbocycles. The number of nitrogens with zero attached hydrogens (tertiary/aromatic N) is 5. The lowest BCUT2D eigenvalue weighted by molar-refractivity contribution is 0.102. The monoisotopic (exact) mass is 374 g/mol. The Kier molecular flexibility index (Phi) is 5.77. The van der Waals surface area contributed by atoms with Gasteiger partial charge in [-0.15, -0.1) is 21.5 Å². The number of thiazole rings is 1. The van der Waals surface area contributed by atoms with Crippen molar-refractivity contribution in [1.29, 1.82) is 0 Å². The number of anilines is 1. The van der Waals surface area contributed by atoms with Gasteiger partial charge in [0.1, 0.15) is 9.88 Å². The topological polar surface area (TPSA) is 93.6 Å². The number of rotatable bonds is 7. The highest BCUT2D eigenvalue weighted by Crippen LogP contribution is 2.26. The van der Waals surface area contributed by atoms with E-state index in [2.05, 4.69) is 37.4 Å². The third-order valence-corrected chi connectivity index (χ3v) is 5.49. The fraction of sp³-hybridized carbons (Fsp3) is 0.375. The van der Waals surface area contributed by atoms with Crippen LogP contribution < -0.4 is 5.32 Å². The molecule has 0 aliphatic rings. The summed E-state index contributed by atoms with van der Waals surface area (Å²) in [6.07, 6.45) is 7.64. The standard InChI is InChI=1S/C16H18N6OS2/c1-3-4-5-7-11-21-22-16(24-11)20-14(23)12-10(2)19-15(25-12)13-17-8-6-9-18-13/h6,8-9H,3-5,7H2,1-2H3,(H,20,22,23). The van der Waals surface area contributed by atoms with Crippen molar-refractivity contribution >= 4 is 33.7 Å². The van der Waals surface area contributed by atoms with E-state index >= 15 is 0 Å². The van der Waals surface area contributed by atoms with Gasteiger partial charge < -0.3 is 0 Å². The SMILES string of the molecule is CCCCCc1nnc(NC(=O)c2sc(-c3ncccn3)nc2C)s1. The number of carbonyl (C=O) groups is 1. The summed E-state index contributed by atoms with van der Waals surface area (Å²) in [4.78, 5) is 25.8. The van der Waals surface area contributed by atoms with E-state index in [4.69, 9.17) is 0 Å². The van der Waals surface area contributed by atoms with Crippen LogP contribution in [0.2, 0.25) is 0 Å². The fourth-order valence-corrected chi connectivity index (χ4v) is 3.88. The number of hydrogen-bond acceptors (Lipinski definition) is 8. The highest BCUT2D eigenvalue weighted by atomic mass is 32.1. The largest absolute Gasteiger partial charge is 0.296 e. The van der Waals surface area contributed by atoms with Crippen LogP contribution in [0.15, 0.2) is 18.5 Å². The number of aryl methyl sites for hydroxylation is 2. The third kappa shape index (κ3) is 4.43. The molecule has 0 radical (unpaired) electrons. The Hall–Kier alpha value is -2.26. The fourth-order valence-electron chi connectivity index (χ4n) is 2.20. The Balaban J connectivity index is 1.68. The van der Waals surface area contributed by atoms with Crippen molar-refractivity contribution in [2.24, 2.45) is 0 Å². The smallest absolute Gasteiger partial charge is 0.269 e. The quantitative estimate of drug-likeness (QED) is 0.633. The number of nitrogens with one attached hydrogen (secondary N) is 1. The summed E-state index contributed by atoms with van der Waals surface area (Å²) in [7, 11) is 0. The van der Waals surface area contributed by atoms with Crippen LogP contribution in [-0.2, 0) is 6.42 Å². The van der Waals surface area contributed by atoms with E-state index in [0.29, 0.717) is 26.5 Å². The minimum absolute atomic E-state index is 0.228. The Morgan fingerprint density at radius 2 is 1.96 bits per heavy atom. The van der Waals surface area contributed by atoms with Gasteiger partial charge in [-0.2, -0.15) is 0 Å². The summed E-state index contributed by atoms with van der Waals surface area (Å²) in [6.45, 7) is 3.96. The molecule has 3 heterocycles. The average molecular weight is 374 g/mol. The van der Waals surface area contributed by atoms with Gasteiger partial charge in [-0.1, -0.05) is 31.1 Å². The summed E-state index contributed by atoms with van der Waals surface area (Å²) in [5, 5.41) is 13.1. The highest BCUT2D eigenvalue weighted by molar-refractivity contribution is 7.17. The second-order valence-electron chi connectivity index (χ2n) is 5.42. The zero-order valence-corrected chi connectivity index (χ0v) is 15.7. The van der Waals surface area contributed by atoms with Crippen LogP contribution in [0.3, 0.4) is 0 Å². The van der Waals surface area contributed by atoms with Gasteiger partial charge >= 0.3 is 0 Å². The summed E-state index contributed by atoms with van der Waals surface area (Å²) < 4.78 is 0. The molecule has 0 bridgehead atoms. The summed E-state index contributed by atoms with van der Waals surface area (Å²) in [6, 6.07) is 1.74. The van der Waals surface area contributed by atoms with Gasteiger partial charge in [-0.25, -0.2) is 15.0 Å². The first-order valence-corrected chi connectivity index (χ1v) is 9.69. The first kappa shape index (κ1) is 17.6. The first-order valence-electron chi connectivity index (χ1n) is 8.06. The summed E-state index contributed by atoms with van der Waals surface area (Å²) >= 11 is 2.69. The van der Waals surface area contributed by atoms with Crippen LogP contribution >= 0.6 is 22.7 Å². The van der Waals surface area contributed by atoms with E-state index in [-0.39, 0.29) is 5.91 Å². The average Bonchev–Trinajstić information content (AvgIpc) is 3.22. The molecule has 3 aromatic heterocycles. The molecular formula is C16H18N6OS2. The van der Waals surface area contributed by atoms with Gasteiger partial charge in [0.25, 0.3) is 5.91 Å². The Morgan fingerprint density at radius 3 is 2.72 bits per heavy atom. The highest BCUT2D eigenvalue weighted by Gasteiger charge is 2.18. The minimum Gasteiger partial charge on any atom is -0.296 e. The maximum atomic E-state index is 12.5. The molecule has 7 nitrogen and oxygen atoms in total. The number of amides is 1. The lowest BCUT2D eigenvalue weighted by Gasteiger charge is -1.98. The predicted molar refractivity (Wildman–Crippen MR) is 99.0 cm³/mol. The lowest BCUT2D eigenvalue weighted by atomic mass is 10.2. The van der Waals surface area contributed by atoms with Crippen molar-refractivity contribution < 1.29 is 4.79 Å². The van der Waals surface area contributed by atoms with Crippen LogP contribution in [0.4, 0.5) is 5.13 Å². The molecule has 3 rings (SSSR count). The van der Waals surface area contributed by atoms with E-state index in [1.807, 2.05) is 0 Å². The molecular weight excluding hydrogens is 356 g/mol. The zero-order chi connectivity index (χ0) is 17.6. The Labute approximate surface area is 153 Å². The van der Waals surface area contributed by atoms with Gasteiger partial charge in [0.2, 0.25) is 5.13 Å². The van der Waals surface area contributed by atoms with Crippen molar-refractivity contribution in [2.75, 3.05) is 5.32 Å². The number of carbonyl (C=O) groups excluding carboxylic acids is 1. The minimum atomic E-state index is -0.228. The molecule has 9 heteroatoms. The van der Waals surface area contributed by atoms with Crippen molar-refractivity contribution in [1.82, 2.24) is 25.1 Å². The van der Waals surface area contributed by atoms with Crippen LogP contribution in [0, 0.1) is 6.92 Å². The van der Waals surface area contributed by atoms with Gasteiger partial charge in [-0.3, -0.25) is 10.1 Å². The van der Waals surface area contributed by atoms with Crippen molar-refractivity contribution in [3.05, 3.63) is 34.0 Å². The predicted octanol–water partition coefficient (Wildman–Crippen LogP) is 3.75. The van der Waals surface area contributed by atoms with Crippen LogP contribution in [0.25, 0.3) is 10.8 Å². The maximum Gasteiger partial charge on any atom is 0.269 e. The molecule has 130 valence electrons. The molecule has 25 heavy (non-hydrogen) atoms. The van der Waals surface area contributed by atoms with E-state index in [9.17, 15) is 4.79 Å². The van der Waals surface area contributed by atoms with Crippen molar-refractivity contribution in [3.8, 4) is 10.8 Å². The summed E-state index contributed by atoms with van der Waals surface area (Å²) in [5.74, 6) is 0.289. The lowest BCUT2D eigenvalue weighted by Crippen LogP contribution is -2.11. The van der Waals surface area contributed by atoms with E-state index < -0.39 is 0 Å². The van der Waals surface area contributed by atoms with Crippen LogP contribution in [0.1, 0.15) is 46.6 Å². The van der Waals surface area contributed by atoms with Gasteiger partial charge in [0.15, 0.2) is 10.8 Å². The molecule has 0 aromatic carbocycles. The molecule has 0 saturated heterocycles. The molecule has 1 amide bonds. The zero-order valence-electron chi connectivity index (χ0n) is 14.0. The number of unbranched alkanes of at least 4 members (excludes halogenated alkanes) is 2. The number of aromatic nitrogens is 5. The normalized spacial score (nSPS) is 10.8. The molecule has 0 fully saturated rings. The Bertz CT molecular complexity index is 845.